The molecule has 0 aliphatic carbocycles. The zero-order chi connectivity index (χ0) is 22.6. The monoisotopic (exact) mass is 433 g/mol. The number of benzene rings is 2. The van der Waals surface area contributed by atoms with Crippen LogP contribution in [0.1, 0.15) is 63.7 Å². The van der Waals surface area contributed by atoms with Gasteiger partial charge in [0.15, 0.2) is 0 Å². The van der Waals surface area contributed by atoms with Crippen molar-refractivity contribution in [3.05, 3.63) is 87.1 Å². The highest BCUT2D eigenvalue weighted by Crippen LogP contribution is 2.22. The van der Waals surface area contributed by atoms with E-state index in [4.69, 9.17) is 0 Å². The van der Waals surface area contributed by atoms with Gasteiger partial charge in [-0.1, -0.05) is 45.0 Å². The minimum absolute atomic E-state index is 0.0480. The molecule has 2 N–H and O–H groups in total. The number of aryl methyl sites for hydroxylation is 1. The normalized spacial score (nSPS) is 11.8. The van der Waals surface area contributed by atoms with Crippen molar-refractivity contribution in [2.24, 2.45) is 5.10 Å². The largest absolute Gasteiger partial charge is 0.322 e. The lowest BCUT2D eigenvalue weighted by molar-refractivity contribution is 0.0958. The molecule has 0 atom stereocenters. The van der Waals surface area contributed by atoms with Crippen LogP contribution in [0.15, 0.2) is 65.8 Å². The zero-order valence-electron chi connectivity index (χ0n) is 18.4. The van der Waals surface area contributed by atoms with Crippen LogP contribution in [-0.4, -0.2) is 17.5 Å². The average Bonchev–Trinajstić information content (AvgIpc) is 3.18. The van der Waals surface area contributed by atoms with Gasteiger partial charge in [-0.15, -0.1) is 11.3 Å². The Morgan fingerprint density at radius 2 is 1.45 bits per heavy atom. The van der Waals surface area contributed by atoms with Crippen molar-refractivity contribution in [2.75, 3.05) is 5.32 Å². The van der Waals surface area contributed by atoms with E-state index in [0.29, 0.717) is 21.8 Å². The van der Waals surface area contributed by atoms with Gasteiger partial charge in [-0.05, 0) is 66.8 Å². The third kappa shape index (κ3) is 5.89. The number of carbonyl (C=O) groups is 2. The summed E-state index contributed by atoms with van der Waals surface area (Å²) in [6.45, 7) is 10.2. The van der Waals surface area contributed by atoms with E-state index in [-0.39, 0.29) is 17.2 Å². The van der Waals surface area contributed by atoms with Gasteiger partial charge in [-0.3, -0.25) is 9.59 Å². The summed E-state index contributed by atoms with van der Waals surface area (Å²) in [4.78, 5) is 26.4. The molecule has 0 saturated carbocycles. The molecule has 0 fully saturated rings. The molecule has 31 heavy (non-hydrogen) atoms. The fourth-order valence-corrected chi connectivity index (χ4v) is 3.69. The molecule has 1 heterocycles. The first kappa shape index (κ1) is 22.4. The van der Waals surface area contributed by atoms with Crippen LogP contribution in [-0.2, 0) is 5.41 Å². The highest BCUT2D eigenvalue weighted by atomic mass is 32.1. The molecule has 6 heteroatoms. The lowest BCUT2D eigenvalue weighted by Crippen LogP contribution is -2.18. The van der Waals surface area contributed by atoms with Crippen LogP contribution in [0, 0.1) is 6.92 Å². The molecule has 1 aromatic heterocycles. The summed E-state index contributed by atoms with van der Waals surface area (Å²) in [6.07, 6.45) is 0. The molecule has 0 spiro atoms. The first-order valence-corrected chi connectivity index (χ1v) is 10.9. The summed E-state index contributed by atoms with van der Waals surface area (Å²) >= 11 is 1.43. The first-order valence-electron chi connectivity index (χ1n) is 10.1. The quantitative estimate of drug-likeness (QED) is 0.397. The van der Waals surface area contributed by atoms with Crippen molar-refractivity contribution in [3.63, 3.8) is 0 Å². The predicted molar refractivity (Wildman–Crippen MR) is 128 cm³/mol. The van der Waals surface area contributed by atoms with Gasteiger partial charge in [-0.25, -0.2) is 5.43 Å². The molecule has 160 valence electrons. The Bertz CT molecular complexity index is 1100. The maximum Gasteiger partial charge on any atom is 0.281 e. The Balaban J connectivity index is 1.61. The number of anilines is 1. The Morgan fingerprint density at radius 3 is 2.00 bits per heavy atom. The van der Waals surface area contributed by atoms with E-state index in [0.717, 1.165) is 10.4 Å². The highest BCUT2D eigenvalue weighted by molar-refractivity contribution is 7.13. The Morgan fingerprint density at radius 1 is 0.839 bits per heavy atom. The number of nitrogens with one attached hydrogen (secondary N) is 2. The number of carbonyl (C=O) groups excluding carboxylic acids is 2. The number of hydrazone groups is 1. The van der Waals surface area contributed by atoms with Crippen LogP contribution >= 0.6 is 11.3 Å². The van der Waals surface area contributed by atoms with Gasteiger partial charge in [0, 0.05) is 16.1 Å². The highest BCUT2D eigenvalue weighted by Gasteiger charge is 2.14. The lowest BCUT2D eigenvalue weighted by Gasteiger charge is -2.19. The predicted octanol–water partition coefficient (Wildman–Crippen LogP) is 5.76. The Hall–Kier alpha value is -3.25. The summed E-state index contributed by atoms with van der Waals surface area (Å²) in [5.74, 6) is -0.379. The smallest absolute Gasteiger partial charge is 0.281 e. The topological polar surface area (TPSA) is 70.6 Å². The minimum atomic E-state index is -0.223. The molecule has 0 aliphatic heterocycles. The van der Waals surface area contributed by atoms with Crippen LogP contribution < -0.4 is 10.7 Å². The summed E-state index contributed by atoms with van der Waals surface area (Å²) < 4.78 is 0. The molecule has 2 aromatic carbocycles. The summed E-state index contributed by atoms with van der Waals surface area (Å²) in [7, 11) is 0. The van der Waals surface area contributed by atoms with Crippen LogP contribution in [0.3, 0.4) is 0 Å². The third-order valence-electron chi connectivity index (χ3n) is 4.86. The fourth-order valence-electron chi connectivity index (χ4n) is 2.93. The van der Waals surface area contributed by atoms with E-state index in [1.54, 1.807) is 6.07 Å². The molecular weight excluding hydrogens is 406 g/mol. The molecule has 0 saturated heterocycles. The second-order valence-electron chi connectivity index (χ2n) is 8.41. The van der Waals surface area contributed by atoms with Gasteiger partial charge in [0.2, 0.25) is 0 Å². The number of hydrogen-bond acceptors (Lipinski definition) is 4. The van der Waals surface area contributed by atoms with Gasteiger partial charge in [0.25, 0.3) is 11.8 Å². The van der Waals surface area contributed by atoms with Crippen LogP contribution in [0.2, 0.25) is 0 Å². The van der Waals surface area contributed by atoms with Crippen molar-refractivity contribution < 1.29 is 9.59 Å². The van der Waals surface area contributed by atoms with Gasteiger partial charge >= 0.3 is 0 Å². The molecule has 5 nitrogen and oxygen atoms in total. The Kier molecular flexibility index (Phi) is 6.71. The van der Waals surface area contributed by atoms with Crippen molar-refractivity contribution in [1.82, 2.24) is 5.43 Å². The van der Waals surface area contributed by atoms with Gasteiger partial charge in [0.05, 0.1) is 10.6 Å². The SMILES string of the molecule is C/C(=N\NC(=O)c1ccc(C)s1)c1ccc(NC(=O)c2ccc(C(C)(C)C)cc2)cc1. The van der Waals surface area contributed by atoms with Crippen molar-refractivity contribution in [2.45, 2.75) is 40.0 Å². The average molecular weight is 434 g/mol. The molecular formula is C25H27N3O2S. The first-order chi connectivity index (χ1) is 14.6. The zero-order valence-corrected chi connectivity index (χ0v) is 19.3. The van der Waals surface area contributed by atoms with E-state index in [1.165, 1.54) is 16.9 Å². The molecule has 0 unspecified atom stereocenters. The van der Waals surface area contributed by atoms with Crippen molar-refractivity contribution >= 4 is 34.6 Å². The number of hydrogen-bond donors (Lipinski definition) is 2. The summed E-state index contributed by atoms with van der Waals surface area (Å²) in [5.41, 5.74) is 6.66. The Labute approximate surface area is 187 Å². The molecule has 0 radical (unpaired) electrons. The number of rotatable bonds is 5. The lowest BCUT2D eigenvalue weighted by atomic mass is 9.87. The van der Waals surface area contributed by atoms with Crippen LogP contribution in [0.5, 0.6) is 0 Å². The number of amides is 2. The van der Waals surface area contributed by atoms with Gasteiger partial charge < -0.3 is 5.32 Å². The van der Waals surface area contributed by atoms with E-state index in [2.05, 4.69) is 36.6 Å². The van der Waals surface area contributed by atoms with Crippen molar-refractivity contribution in [3.8, 4) is 0 Å². The standard InChI is InChI=1S/C25H27N3O2S/c1-16-6-15-22(31-16)24(30)28-27-17(2)18-9-13-21(14-10-18)26-23(29)19-7-11-20(12-8-19)25(3,4)5/h6-15H,1-5H3,(H,26,29)(H,28,30)/b27-17+. The molecule has 2 amide bonds. The van der Waals surface area contributed by atoms with Gasteiger partial charge in [0.1, 0.15) is 0 Å². The van der Waals surface area contributed by atoms with Crippen molar-refractivity contribution in [1.29, 1.82) is 0 Å². The van der Waals surface area contributed by atoms with E-state index in [9.17, 15) is 9.59 Å². The number of nitrogens with zero attached hydrogens (tertiary/aromatic N) is 1. The maximum atomic E-state index is 12.5. The van der Waals surface area contributed by atoms with Crippen LogP contribution in [0.4, 0.5) is 5.69 Å². The van der Waals surface area contributed by atoms with Crippen LogP contribution in [0.25, 0.3) is 0 Å². The maximum absolute atomic E-state index is 12.5. The second-order valence-corrected chi connectivity index (χ2v) is 9.70. The number of thiophene rings is 1. The summed E-state index contributed by atoms with van der Waals surface area (Å²) in [5, 5.41) is 7.09. The van der Waals surface area contributed by atoms with E-state index < -0.39 is 0 Å². The molecule has 0 aliphatic rings. The second kappa shape index (κ2) is 9.27. The van der Waals surface area contributed by atoms with Gasteiger partial charge in [-0.2, -0.15) is 5.10 Å². The molecule has 0 bridgehead atoms. The molecule has 3 rings (SSSR count). The van der Waals surface area contributed by atoms with E-state index in [1.807, 2.05) is 68.4 Å². The summed E-state index contributed by atoms with van der Waals surface area (Å²) in [6, 6.07) is 18.7. The minimum Gasteiger partial charge on any atom is -0.322 e. The molecule has 3 aromatic rings. The third-order valence-corrected chi connectivity index (χ3v) is 5.86. The fraction of sp³-hybridized carbons (Fsp3) is 0.240. The van der Waals surface area contributed by atoms with E-state index >= 15 is 0 Å².